The zero-order chi connectivity index (χ0) is 25.6. The third-order valence-electron chi connectivity index (χ3n) is 6.62. The maximum absolute atomic E-state index is 6.22. The van der Waals surface area contributed by atoms with Crippen LogP contribution >= 0.6 is 15.9 Å². The second-order valence-corrected chi connectivity index (χ2v) is 11.0. The molecule has 0 saturated carbocycles. The van der Waals surface area contributed by atoms with Crippen LogP contribution in [0.25, 0.3) is 38.8 Å². The zero-order valence-corrected chi connectivity index (χ0v) is 22.5. The highest BCUT2D eigenvalue weighted by Gasteiger charge is 2.19. The molecule has 0 fully saturated rings. The van der Waals surface area contributed by atoms with Gasteiger partial charge >= 0.3 is 0 Å². The maximum Gasteiger partial charge on any atom is 0.137 e. The molecule has 4 nitrogen and oxygen atoms in total. The van der Waals surface area contributed by atoms with E-state index in [0.29, 0.717) is 0 Å². The van der Waals surface area contributed by atoms with Crippen molar-refractivity contribution in [3.05, 3.63) is 114 Å². The van der Waals surface area contributed by atoms with Crippen LogP contribution in [0.5, 0.6) is 11.5 Å². The molecule has 3 aromatic carbocycles. The van der Waals surface area contributed by atoms with Gasteiger partial charge in [0.25, 0.3) is 0 Å². The fourth-order valence-electron chi connectivity index (χ4n) is 4.71. The van der Waals surface area contributed by atoms with Gasteiger partial charge in [0.1, 0.15) is 21.9 Å². The fraction of sp³-hybridized carbons (Fsp3) is 0.125. The minimum Gasteiger partial charge on any atom is -0.457 e. The first kappa shape index (κ1) is 23.4. The number of halogens is 1. The van der Waals surface area contributed by atoms with Crippen LogP contribution in [-0.2, 0) is 5.41 Å². The van der Waals surface area contributed by atoms with Crippen molar-refractivity contribution in [3.63, 3.8) is 0 Å². The highest BCUT2D eigenvalue weighted by molar-refractivity contribution is 9.10. The second-order valence-electron chi connectivity index (χ2n) is 10.2. The number of ether oxygens (including phenoxy) is 1. The molecule has 6 aromatic rings. The lowest BCUT2D eigenvalue weighted by molar-refractivity contribution is 0.482. The molecule has 0 aliphatic heterocycles. The monoisotopic (exact) mass is 547 g/mol. The number of hydrogen-bond acceptors (Lipinski definition) is 3. The van der Waals surface area contributed by atoms with Gasteiger partial charge in [0.05, 0.1) is 11.0 Å². The lowest BCUT2D eigenvalue weighted by Gasteiger charge is -2.20. The maximum atomic E-state index is 6.22. The Hall–Kier alpha value is -3.96. The standard InChI is InChI=1S/C32H26BrN3O/c1-32(2,3)23-13-15-35-31(18-23)36-28-12-9-22(21-7-5-4-6-8-21)17-27(28)26-11-10-24(19-29(26)36)37-25-14-16-34-30(33)20-25/h4-20H,1-3H3. The number of nitrogens with zero attached hydrogens (tertiary/aromatic N) is 3. The molecule has 0 N–H and O–H groups in total. The van der Waals surface area contributed by atoms with E-state index in [1.54, 1.807) is 6.20 Å². The van der Waals surface area contributed by atoms with Crippen LogP contribution in [0.4, 0.5) is 0 Å². The van der Waals surface area contributed by atoms with Crippen molar-refractivity contribution in [1.29, 1.82) is 0 Å². The molecule has 0 amide bonds. The van der Waals surface area contributed by atoms with Crippen molar-refractivity contribution >= 4 is 37.7 Å². The fourth-order valence-corrected chi connectivity index (χ4v) is 5.06. The van der Waals surface area contributed by atoms with Gasteiger partial charge < -0.3 is 4.74 Å². The molecule has 0 aliphatic carbocycles. The first-order chi connectivity index (χ1) is 17.9. The van der Waals surface area contributed by atoms with Crippen LogP contribution in [0.2, 0.25) is 0 Å². The number of rotatable bonds is 4. The van der Waals surface area contributed by atoms with E-state index in [1.165, 1.54) is 22.1 Å². The highest BCUT2D eigenvalue weighted by atomic mass is 79.9. The summed E-state index contributed by atoms with van der Waals surface area (Å²) in [7, 11) is 0. The number of aromatic nitrogens is 3. The third-order valence-corrected chi connectivity index (χ3v) is 7.05. The Morgan fingerprint density at radius 2 is 1.46 bits per heavy atom. The van der Waals surface area contributed by atoms with Gasteiger partial charge in [-0.25, -0.2) is 9.97 Å². The van der Waals surface area contributed by atoms with Gasteiger partial charge in [-0.05, 0) is 80.5 Å². The van der Waals surface area contributed by atoms with Crippen LogP contribution in [-0.4, -0.2) is 14.5 Å². The Bertz CT molecular complexity index is 1750. The van der Waals surface area contributed by atoms with E-state index in [-0.39, 0.29) is 5.41 Å². The van der Waals surface area contributed by atoms with Crippen molar-refractivity contribution in [3.8, 4) is 28.4 Å². The van der Waals surface area contributed by atoms with Crippen LogP contribution in [0.15, 0.2) is 108 Å². The van der Waals surface area contributed by atoms with E-state index in [1.807, 2.05) is 30.5 Å². The molecule has 0 atom stereocenters. The first-order valence-corrected chi connectivity index (χ1v) is 13.1. The highest BCUT2D eigenvalue weighted by Crippen LogP contribution is 2.37. The molecule has 6 rings (SSSR count). The summed E-state index contributed by atoms with van der Waals surface area (Å²) in [6.45, 7) is 6.68. The van der Waals surface area contributed by atoms with Gasteiger partial charge in [0, 0.05) is 35.3 Å². The summed E-state index contributed by atoms with van der Waals surface area (Å²) < 4.78 is 9.19. The van der Waals surface area contributed by atoms with E-state index in [0.717, 1.165) is 38.3 Å². The molecular weight excluding hydrogens is 522 g/mol. The van der Waals surface area contributed by atoms with Crippen LogP contribution in [0.3, 0.4) is 0 Å². The summed E-state index contributed by atoms with van der Waals surface area (Å²) in [5.74, 6) is 2.37. The van der Waals surface area contributed by atoms with Crippen molar-refractivity contribution < 1.29 is 4.74 Å². The second kappa shape index (κ2) is 9.16. The predicted octanol–water partition coefficient (Wildman–Crippen LogP) is 9.09. The molecule has 0 aliphatic rings. The molecule has 0 unspecified atom stereocenters. The minimum atomic E-state index is 0.0138. The van der Waals surface area contributed by atoms with Crippen LogP contribution < -0.4 is 4.74 Å². The third kappa shape index (κ3) is 4.51. The zero-order valence-electron chi connectivity index (χ0n) is 20.9. The molecule has 37 heavy (non-hydrogen) atoms. The molecule has 0 bridgehead atoms. The number of benzene rings is 3. The Morgan fingerprint density at radius 1 is 0.676 bits per heavy atom. The van der Waals surface area contributed by atoms with Crippen molar-refractivity contribution in [2.45, 2.75) is 26.2 Å². The normalized spacial score (nSPS) is 11.8. The average molecular weight is 548 g/mol. The van der Waals surface area contributed by atoms with Crippen LogP contribution in [0.1, 0.15) is 26.3 Å². The van der Waals surface area contributed by atoms with E-state index in [4.69, 9.17) is 9.72 Å². The van der Waals surface area contributed by atoms with Crippen molar-refractivity contribution in [1.82, 2.24) is 14.5 Å². The Morgan fingerprint density at radius 3 is 2.24 bits per heavy atom. The minimum absolute atomic E-state index is 0.0138. The van der Waals surface area contributed by atoms with E-state index in [2.05, 4.69) is 113 Å². The summed E-state index contributed by atoms with van der Waals surface area (Å²) in [6.07, 6.45) is 3.63. The Kier molecular flexibility index (Phi) is 5.81. The molecule has 3 heterocycles. The topological polar surface area (TPSA) is 39.9 Å². The lowest BCUT2D eigenvalue weighted by atomic mass is 9.88. The summed E-state index contributed by atoms with van der Waals surface area (Å²) in [6, 6.07) is 31.4. The number of hydrogen-bond donors (Lipinski definition) is 0. The van der Waals surface area contributed by atoms with Gasteiger partial charge in [0.15, 0.2) is 0 Å². The van der Waals surface area contributed by atoms with Gasteiger partial charge in [-0.1, -0.05) is 57.2 Å². The van der Waals surface area contributed by atoms with Gasteiger partial charge in [-0.2, -0.15) is 0 Å². The van der Waals surface area contributed by atoms with Crippen molar-refractivity contribution in [2.24, 2.45) is 0 Å². The Labute approximate surface area is 224 Å². The number of pyridine rings is 2. The molecule has 3 aromatic heterocycles. The van der Waals surface area contributed by atoms with E-state index in [9.17, 15) is 0 Å². The summed E-state index contributed by atoms with van der Waals surface area (Å²) >= 11 is 3.43. The summed E-state index contributed by atoms with van der Waals surface area (Å²) in [5.41, 5.74) is 5.79. The molecule has 5 heteroatoms. The summed E-state index contributed by atoms with van der Waals surface area (Å²) in [5, 5.41) is 2.33. The van der Waals surface area contributed by atoms with Gasteiger partial charge in [0.2, 0.25) is 0 Å². The molecule has 182 valence electrons. The quantitative estimate of drug-likeness (QED) is 0.206. The van der Waals surface area contributed by atoms with Crippen molar-refractivity contribution in [2.75, 3.05) is 0 Å². The largest absolute Gasteiger partial charge is 0.457 e. The molecule has 0 saturated heterocycles. The molecule has 0 spiro atoms. The predicted molar refractivity (Wildman–Crippen MR) is 155 cm³/mol. The smallest absolute Gasteiger partial charge is 0.137 e. The Balaban J connectivity index is 1.59. The average Bonchev–Trinajstić information content (AvgIpc) is 3.21. The van der Waals surface area contributed by atoms with E-state index >= 15 is 0 Å². The SMILES string of the molecule is CC(C)(C)c1ccnc(-n2c3ccc(-c4ccccc4)cc3c3ccc(Oc4ccnc(Br)c4)cc32)c1. The summed E-state index contributed by atoms with van der Waals surface area (Å²) in [4.78, 5) is 9.01. The van der Waals surface area contributed by atoms with Crippen LogP contribution in [0, 0.1) is 0 Å². The number of fused-ring (bicyclic) bond motifs is 3. The van der Waals surface area contributed by atoms with Gasteiger partial charge in [-0.3, -0.25) is 4.57 Å². The lowest BCUT2D eigenvalue weighted by Crippen LogP contribution is -2.12. The molecule has 0 radical (unpaired) electrons. The van der Waals surface area contributed by atoms with E-state index < -0.39 is 0 Å². The molecular formula is C32H26BrN3O. The first-order valence-electron chi connectivity index (χ1n) is 12.3. The van der Waals surface area contributed by atoms with Gasteiger partial charge in [-0.15, -0.1) is 0 Å².